The standard InChI is InChI=1S/C20H16F2N4OS/c1-10-14-3-4-15(11-5-12-9-26(2)25-18(12)23-8-11)24-19(14)28-17(10)16(27)13-6-20(21,22)7-13/h3-5,8-9,13H,6-7H2,1-2H3. The third-order valence-electron chi connectivity index (χ3n) is 5.26. The predicted octanol–water partition coefficient (Wildman–Crippen LogP) is 4.78. The highest BCUT2D eigenvalue weighted by Crippen LogP contribution is 2.45. The summed E-state index contributed by atoms with van der Waals surface area (Å²) in [6.45, 7) is 1.85. The molecule has 0 spiro atoms. The molecule has 1 aliphatic carbocycles. The molecule has 1 fully saturated rings. The third kappa shape index (κ3) is 2.71. The number of hydrogen-bond acceptors (Lipinski definition) is 5. The Morgan fingerprint density at radius 1 is 1.32 bits per heavy atom. The molecule has 5 nitrogen and oxygen atoms in total. The molecular formula is C20H16F2N4OS. The van der Waals surface area contributed by atoms with Gasteiger partial charge in [-0.3, -0.25) is 9.48 Å². The summed E-state index contributed by atoms with van der Waals surface area (Å²) in [5, 5.41) is 6.08. The van der Waals surface area contributed by atoms with E-state index in [0.29, 0.717) is 10.5 Å². The molecule has 0 aromatic carbocycles. The third-order valence-corrected chi connectivity index (χ3v) is 6.47. The van der Waals surface area contributed by atoms with Crippen LogP contribution in [-0.4, -0.2) is 31.5 Å². The van der Waals surface area contributed by atoms with Gasteiger partial charge in [0, 0.05) is 54.5 Å². The van der Waals surface area contributed by atoms with Gasteiger partial charge < -0.3 is 0 Å². The second-order valence-electron chi connectivity index (χ2n) is 7.37. The molecule has 0 N–H and O–H groups in total. The van der Waals surface area contributed by atoms with E-state index in [1.165, 1.54) is 11.3 Å². The molecular weight excluding hydrogens is 382 g/mol. The fourth-order valence-electron chi connectivity index (χ4n) is 3.70. The minimum atomic E-state index is -2.70. The van der Waals surface area contributed by atoms with Crippen LogP contribution in [0.2, 0.25) is 0 Å². The summed E-state index contributed by atoms with van der Waals surface area (Å²) in [6, 6.07) is 5.81. The van der Waals surface area contributed by atoms with E-state index in [9.17, 15) is 13.6 Å². The van der Waals surface area contributed by atoms with Gasteiger partial charge in [0.15, 0.2) is 11.4 Å². The summed E-state index contributed by atoms with van der Waals surface area (Å²) >= 11 is 1.28. The SMILES string of the molecule is Cc1c(C(=O)C2CC(F)(F)C2)sc2nc(-c3cnc4nn(C)cc4c3)ccc12. The number of Topliss-reactive ketones (excluding diaryl/α,β-unsaturated/α-hetero) is 1. The van der Waals surface area contributed by atoms with Crippen LogP contribution < -0.4 is 0 Å². The minimum absolute atomic E-state index is 0.188. The first-order valence-corrected chi connectivity index (χ1v) is 9.74. The van der Waals surface area contributed by atoms with Crippen LogP contribution in [0.4, 0.5) is 8.78 Å². The summed E-state index contributed by atoms with van der Waals surface area (Å²) in [7, 11) is 1.84. The fraction of sp³-hybridized carbons (Fsp3) is 0.300. The van der Waals surface area contributed by atoms with Crippen LogP contribution in [0.1, 0.15) is 28.1 Å². The number of carbonyl (C=O) groups excluding carboxylic acids is 1. The first kappa shape index (κ1) is 17.4. The number of carbonyl (C=O) groups is 1. The lowest BCUT2D eigenvalue weighted by Crippen LogP contribution is -2.39. The molecule has 4 heterocycles. The minimum Gasteiger partial charge on any atom is -0.293 e. The number of aryl methyl sites for hydroxylation is 2. The molecule has 1 saturated carbocycles. The molecule has 0 amide bonds. The van der Waals surface area contributed by atoms with Crippen LogP contribution in [0, 0.1) is 12.8 Å². The molecule has 0 unspecified atom stereocenters. The van der Waals surface area contributed by atoms with Gasteiger partial charge in [-0.25, -0.2) is 18.7 Å². The lowest BCUT2D eigenvalue weighted by Gasteiger charge is -2.33. The largest absolute Gasteiger partial charge is 0.293 e. The van der Waals surface area contributed by atoms with Gasteiger partial charge in [-0.15, -0.1) is 11.3 Å². The normalized spacial score (nSPS) is 16.6. The van der Waals surface area contributed by atoms with Gasteiger partial charge in [-0.1, -0.05) is 0 Å². The van der Waals surface area contributed by atoms with Crippen LogP contribution in [0.25, 0.3) is 32.5 Å². The number of nitrogens with zero attached hydrogens (tertiary/aromatic N) is 4. The Kier molecular flexibility index (Phi) is 3.64. The van der Waals surface area contributed by atoms with Crippen LogP contribution in [0.15, 0.2) is 30.6 Å². The zero-order chi connectivity index (χ0) is 19.6. The number of rotatable bonds is 3. The smallest absolute Gasteiger partial charge is 0.249 e. The molecule has 8 heteroatoms. The van der Waals surface area contributed by atoms with Crippen LogP contribution in [0.3, 0.4) is 0 Å². The van der Waals surface area contributed by atoms with E-state index in [2.05, 4.69) is 10.1 Å². The van der Waals surface area contributed by atoms with Gasteiger partial charge in [0.05, 0.1) is 10.6 Å². The van der Waals surface area contributed by atoms with E-state index in [0.717, 1.165) is 32.4 Å². The van der Waals surface area contributed by atoms with Crippen molar-refractivity contribution in [2.45, 2.75) is 25.7 Å². The Balaban J connectivity index is 1.53. The number of pyridine rings is 2. The zero-order valence-corrected chi connectivity index (χ0v) is 16.1. The molecule has 0 atom stereocenters. The fourth-order valence-corrected chi connectivity index (χ4v) is 4.90. The summed E-state index contributed by atoms with van der Waals surface area (Å²) in [5.41, 5.74) is 3.10. The van der Waals surface area contributed by atoms with Crippen molar-refractivity contribution in [1.82, 2.24) is 19.7 Å². The van der Waals surface area contributed by atoms with E-state index in [4.69, 9.17) is 4.98 Å². The van der Waals surface area contributed by atoms with Crippen molar-refractivity contribution in [1.29, 1.82) is 0 Å². The summed E-state index contributed by atoms with van der Waals surface area (Å²) < 4.78 is 28.0. The van der Waals surface area contributed by atoms with Gasteiger partial charge >= 0.3 is 0 Å². The highest BCUT2D eigenvalue weighted by molar-refractivity contribution is 7.20. The quantitative estimate of drug-likeness (QED) is 0.466. The first-order chi connectivity index (χ1) is 13.3. The first-order valence-electron chi connectivity index (χ1n) is 8.93. The summed E-state index contributed by atoms with van der Waals surface area (Å²) in [6.07, 6.45) is 2.92. The maximum absolute atomic E-state index is 13.1. The molecule has 142 valence electrons. The lowest BCUT2D eigenvalue weighted by atomic mass is 9.77. The van der Waals surface area contributed by atoms with Crippen LogP contribution in [0.5, 0.6) is 0 Å². The second-order valence-corrected chi connectivity index (χ2v) is 8.37. The van der Waals surface area contributed by atoms with E-state index in [1.54, 1.807) is 10.9 Å². The Hall–Kier alpha value is -2.74. The number of ketones is 1. The van der Waals surface area contributed by atoms with Gasteiger partial charge in [-0.05, 0) is 30.7 Å². The van der Waals surface area contributed by atoms with E-state index >= 15 is 0 Å². The van der Waals surface area contributed by atoms with E-state index in [1.807, 2.05) is 38.4 Å². The van der Waals surface area contributed by atoms with Gasteiger partial charge in [0.2, 0.25) is 5.92 Å². The topological polar surface area (TPSA) is 60.7 Å². The van der Waals surface area contributed by atoms with Crippen molar-refractivity contribution >= 4 is 38.4 Å². The van der Waals surface area contributed by atoms with Crippen molar-refractivity contribution in [3.8, 4) is 11.3 Å². The van der Waals surface area contributed by atoms with Crippen molar-refractivity contribution < 1.29 is 13.6 Å². The van der Waals surface area contributed by atoms with Crippen molar-refractivity contribution in [2.24, 2.45) is 13.0 Å². The molecule has 0 aliphatic heterocycles. The molecule has 4 aromatic heterocycles. The Morgan fingerprint density at radius 3 is 2.86 bits per heavy atom. The van der Waals surface area contributed by atoms with Crippen LogP contribution in [-0.2, 0) is 7.05 Å². The number of fused-ring (bicyclic) bond motifs is 2. The Morgan fingerprint density at radius 2 is 2.11 bits per heavy atom. The maximum Gasteiger partial charge on any atom is 0.249 e. The average molecular weight is 398 g/mol. The Bertz CT molecular complexity index is 1250. The summed E-state index contributed by atoms with van der Waals surface area (Å²) in [5.74, 6) is -3.47. The zero-order valence-electron chi connectivity index (χ0n) is 15.2. The second kappa shape index (κ2) is 5.88. The molecule has 1 aliphatic rings. The molecule has 0 radical (unpaired) electrons. The van der Waals surface area contributed by atoms with Gasteiger partial charge in [0.25, 0.3) is 0 Å². The lowest BCUT2D eigenvalue weighted by molar-refractivity contribution is -0.0981. The van der Waals surface area contributed by atoms with Gasteiger partial charge in [0.1, 0.15) is 4.83 Å². The average Bonchev–Trinajstić information content (AvgIpc) is 3.17. The molecule has 5 rings (SSSR count). The molecule has 0 saturated heterocycles. The number of halogens is 2. The van der Waals surface area contributed by atoms with Crippen molar-refractivity contribution in [3.05, 3.63) is 41.0 Å². The molecule has 0 bridgehead atoms. The van der Waals surface area contributed by atoms with Crippen molar-refractivity contribution in [3.63, 3.8) is 0 Å². The number of hydrogen-bond donors (Lipinski definition) is 0. The van der Waals surface area contributed by atoms with Crippen molar-refractivity contribution in [2.75, 3.05) is 0 Å². The predicted molar refractivity (Wildman–Crippen MR) is 104 cm³/mol. The number of thiophene rings is 1. The number of aromatic nitrogens is 4. The molecule has 4 aromatic rings. The number of alkyl halides is 2. The summed E-state index contributed by atoms with van der Waals surface area (Å²) in [4.78, 5) is 23.0. The van der Waals surface area contributed by atoms with E-state index < -0.39 is 11.8 Å². The maximum atomic E-state index is 13.1. The highest BCUT2D eigenvalue weighted by atomic mass is 32.1. The Labute approximate surface area is 163 Å². The van der Waals surface area contributed by atoms with E-state index in [-0.39, 0.29) is 18.6 Å². The van der Waals surface area contributed by atoms with Crippen LogP contribution >= 0.6 is 11.3 Å². The van der Waals surface area contributed by atoms with Gasteiger partial charge in [-0.2, -0.15) is 5.10 Å². The highest BCUT2D eigenvalue weighted by Gasteiger charge is 2.49. The molecule has 28 heavy (non-hydrogen) atoms. The monoisotopic (exact) mass is 398 g/mol.